The number of ether oxygens (including phenoxy) is 1. The Labute approximate surface area is 197 Å². The van der Waals surface area contributed by atoms with E-state index in [-0.39, 0.29) is 41.0 Å². The highest BCUT2D eigenvalue weighted by Gasteiger charge is 2.53. The van der Waals surface area contributed by atoms with Crippen LogP contribution in [-0.4, -0.2) is 43.9 Å². The maximum atomic E-state index is 12.9. The van der Waals surface area contributed by atoms with Gasteiger partial charge in [0.1, 0.15) is 18.0 Å². The fourth-order valence-corrected chi connectivity index (χ4v) is 5.82. The Hall–Kier alpha value is -2.76. The molecule has 166 valence electrons. The van der Waals surface area contributed by atoms with Crippen LogP contribution < -0.4 is 5.32 Å². The molecule has 0 spiro atoms. The van der Waals surface area contributed by atoms with E-state index < -0.39 is 11.0 Å². The van der Waals surface area contributed by atoms with Crippen LogP contribution in [0.1, 0.15) is 17.4 Å². The Balaban J connectivity index is 1.38. The van der Waals surface area contributed by atoms with Crippen LogP contribution in [0.4, 0.5) is 5.69 Å². The summed E-state index contributed by atoms with van der Waals surface area (Å²) in [6.07, 6.45) is 0.247. The van der Waals surface area contributed by atoms with Gasteiger partial charge in [0.2, 0.25) is 11.0 Å². The monoisotopic (exact) mass is 489 g/mol. The van der Waals surface area contributed by atoms with E-state index in [9.17, 15) is 19.7 Å². The lowest BCUT2D eigenvalue weighted by Crippen LogP contribution is -2.70. The molecule has 2 aromatic rings. The molecular formula is C21H19N3O5S3. The van der Waals surface area contributed by atoms with Crippen LogP contribution in [0.3, 0.4) is 0 Å². The SMILES string of the molecule is CC1=C(C(=S)OCc2ccc([N+](=O)[O-])cc2)N2C(=O)C(NC(=O)Cc3cccs3)[C@H]2SC1. The van der Waals surface area contributed by atoms with Gasteiger partial charge in [-0.05, 0) is 53.9 Å². The van der Waals surface area contributed by atoms with Crippen LogP contribution >= 0.6 is 35.3 Å². The maximum Gasteiger partial charge on any atom is 0.269 e. The number of thioether (sulfide) groups is 1. The molecule has 1 N–H and O–H groups in total. The minimum absolute atomic E-state index is 0.000342. The minimum atomic E-state index is -0.590. The van der Waals surface area contributed by atoms with Crippen LogP contribution in [0.25, 0.3) is 0 Å². The number of carbonyl (C=O) groups is 2. The number of fused-ring (bicyclic) bond motifs is 1. The lowest BCUT2D eigenvalue weighted by Gasteiger charge is -2.50. The number of hydrogen-bond donors (Lipinski definition) is 1. The van der Waals surface area contributed by atoms with E-state index in [1.807, 2.05) is 24.4 Å². The summed E-state index contributed by atoms with van der Waals surface area (Å²) in [4.78, 5) is 38.1. The number of carbonyl (C=O) groups excluding carboxylic acids is 2. The van der Waals surface area contributed by atoms with Gasteiger partial charge >= 0.3 is 0 Å². The third-order valence-electron chi connectivity index (χ3n) is 5.10. The van der Waals surface area contributed by atoms with Gasteiger partial charge in [-0.15, -0.1) is 23.1 Å². The van der Waals surface area contributed by atoms with Gasteiger partial charge in [0.15, 0.2) is 0 Å². The van der Waals surface area contributed by atoms with Crippen molar-refractivity contribution >= 4 is 57.9 Å². The van der Waals surface area contributed by atoms with Crippen molar-refractivity contribution in [2.75, 3.05) is 5.75 Å². The normalized spacial score (nSPS) is 19.8. The van der Waals surface area contributed by atoms with Crippen molar-refractivity contribution in [3.8, 4) is 0 Å². The number of benzene rings is 1. The van der Waals surface area contributed by atoms with Gasteiger partial charge in [-0.1, -0.05) is 6.07 Å². The largest absolute Gasteiger partial charge is 0.477 e. The summed E-state index contributed by atoms with van der Waals surface area (Å²) in [5.41, 5.74) is 2.23. The third kappa shape index (κ3) is 4.54. The molecule has 1 fully saturated rings. The maximum absolute atomic E-state index is 12.9. The molecule has 0 radical (unpaired) electrons. The molecule has 32 heavy (non-hydrogen) atoms. The number of hydrogen-bond acceptors (Lipinski definition) is 8. The number of nitrogens with zero attached hydrogens (tertiary/aromatic N) is 2. The van der Waals surface area contributed by atoms with Crippen molar-refractivity contribution in [2.45, 2.75) is 31.4 Å². The number of rotatable bonds is 7. The molecule has 8 nitrogen and oxygen atoms in total. The van der Waals surface area contributed by atoms with Crippen molar-refractivity contribution in [1.82, 2.24) is 10.2 Å². The van der Waals surface area contributed by atoms with Gasteiger partial charge in [0.05, 0.1) is 17.0 Å². The van der Waals surface area contributed by atoms with E-state index in [0.29, 0.717) is 11.4 Å². The molecule has 0 aliphatic carbocycles. The number of nitro benzene ring substituents is 1. The van der Waals surface area contributed by atoms with Crippen molar-refractivity contribution in [3.63, 3.8) is 0 Å². The van der Waals surface area contributed by atoms with Crippen molar-refractivity contribution < 1.29 is 19.2 Å². The molecule has 0 saturated carbocycles. The highest BCUT2D eigenvalue weighted by molar-refractivity contribution is 8.00. The number of amides is 2. The zero-order valence-electron chi connectivity index (χ0n) is 17.0. The van der Waals surface area contributed by atoms with Crippen LogP contribution in [0.2, 0.25) is 0 Å². The first-order valence-electron chi connectivity index (χ1n) is 9.72. The van der Waals surface area contributed by atoms with Gasteiger partial charge in [-0.2, -0.15) is 0 Å². The quantitative estimate of drug-likeness (QED) is 0.275. The summed E-state index contributed by atoms with van der Waals surface area (Å²) >= 11 is 8.54. The van der Waals surface area contributed by atoms with E-state index in [4.69, 9.17) is 17.0 Å². The van der Waals surface area contributed by atoms with Gasteiger partial charge in [0, 0.05) is 22.8 Å². The molecule has 3 heterocycles. The van der Waals surface area contributed by atoms with Crippen LogP contribution in [0.5, 0.6) is 0 Å². The van der Waals surface area contributed by atoms with Crippen LogP contribution in [0.15, 0.2) is 53.0 Å². The highest BCUT2D eigenvalue weighted by atomic mass is 32.2. The molecule has 1 saturated heterocycles. The average Bonchev–Trinajstić information content (AvgIpc) is 3.28. The first-order valence-corrected chi connectivity index (χ1v) is 12.1. The summed E-state index contributed by atoms with van der Waals surface area (Å²) in [7, 11) is 0. The van der Waals surface area contributed by atoms with Crippen LogP contribution in [-0.2, 0) is 27.4 Å². The Kier molecular flexibility index (Phi) is 6.58. The lowest BCUT2D eigenvalue weighted by atomic mass is 10.0. The zero-order chi connectivity index (χ0) is 22.8. The predicted octanol–water partition coefficient (Wildman–Crippen LogP) is 3.42. The van der Waals surface area contributed by atoms with Crippen molar-refractivity contribution in [1.29, 1.82) is 0 Å². The summed E-state index contributed by atoms with van der Waals surface area (Å²) in [6, 6.07) is 9.21. The Morgan fingerprint density at radius 1 is 1.34 bits per heavy atom. The Morgan fingerprint density at radius 2 is 2.09 bits per heavy atom. The lowest BCUT2D eigenvalue weighted by molar-refractivity contribution is -0.384. The van der Waals surface area contributed by atoms with Crippen LogP contribution in [0, 0.1) is 10.1 Å². The van der Waals surface area contributed by atoms with E-state index >= 15 is 0 Å². The summed E-state index contributed by atoms with van der Waals surface area (Å²) < 4.78 is 5.74. The molecule has 2 aliphatic rings. The van der Waals surface area contributed by atoms with Gasteiger partial charge < -0.3 is 10.1 Å². The molecular weight excluding hydrogens is 470 g/mol. The molecule has 2 atom stereocenters. The second-order valence-electron chi connectivity index (χ2n) is 7.34. The first-order chi connectivity index (χ1) is 15.3. The average molecular weight is 490 g/mol. The summed E-state index contributed by atoms with van der Waals surface area (Å²) in [5, 5.41) is 15.5. The molecule has 0 bridgehead atoms. The van der Waals surface area contributed by atoms with E-state index in [2.05, 4.69) is 5.32 Å². The number of thiophene rings is 1. The fraction of sp³-hybridized carbons (Fsp3) is 0.286. The highest BCUT2D eigenvalue weighted by Crippen LogP contribution is 2.40. The Morgan fingerprint density at radius 3 is 2.75 bits per heavy atom. The van der Waals surface area contributed by atoms with Gasteiger partial charge in [-0.25, -0.2) is 0 Å². The second kappa shape index (κ2) is 9.39. The van der Waals surface area contributed by atoms with Gasteiger partial charge in [0.25, 0.3) is 11.6 Å². The summed E-state index contributed by atoms with van der Waals surface area (Å²) in [6.45, 7) is 2.03. The number of thiocarbonyl (C=S) groups is 1. The number of β-lactam (4-membered cyclic amide) rings is 1. The molecule has 1 aromatic heterocycles. The molecule has 2 amide bonds. The first kappa shape index (κ1) is 22.4. The van der Waals surface area contributed by atoms with Crippen molar-refractivity contribution in [3.05, 3.63) is 73.6 Å². The molecule has 1 aromatic carbocycles. The number of nitrogens with one attached hydrogen (secondary N) is 1. The topological polar surface area (TPSA) is 102 Å². The Bertz CT molecular complexity index is 1100. The molecule has 11 heteroatoms. The molecule has 4 rings (SSSR count). The standard InChI is InChI=1S/C21H19N3O5S3/c1-12-11-32-20-17(22-16(25)9-15-3-2-8-31-15)19(26)23(20)18(12)21(30)29-10-13-4-6-14(7-5-13)24(27)28/h2-8,17,20H,9-11H2,1H3,(H,22,25)/t17?,20-/m1/s1. The van der Waals surface area contributed by atoms with E-state index in [1.54, 1.807) is 28.8 Å². The number of nitro groups is 1. The van der Waals surface area contributed by atoms with Gasteiger partial charge in [-0.3, -0.25) is 24.6 Å². The smallest absolute Gasteiger partial charge is 0.269 e. The molecule has 1 unspecified atom stereocenters. The zero-order valence-corrected chi connectivity index (χ0v) is 19.4. The van der Waals surface area contributed by atoms with Crippen molar-refractivity contribution in [2.24, 2.45) is 0 Å². The summed E-state index contributed by atoms with van der Waals surface area (Å²) in [5.74, 6) is 0.274. The minimum Gasteiger partial charge on any atom is -0.477 e. The van der Waals surface area contributed by atoms with E-state index in [1.165, 1.54) is 23.5 Å². The number of non-ortho nitro benzene ring substituents is 1. The van der Waals surface area contributed by atoms with E-state index in [0.717, 1.165) is 16.0 Å². The predicted molar refractivity (Wildman–Crippen MR) is 126 cm³/mol. The third-order valence-corrected chi connectivity index (χ3v) is 7.71. The second-order valence-corrected chi connectivity index (χ2v) is 9.85. The molecule has 2 aliphatic heterocycles. The fourth-order valence-electron chi connectivity index (χ4n) is 3.49.